The largest absolute Gasteiger partial charge is 0.313 e. The molecule has 0 heterocycles. The van der Waals surface area contributed by atoms with E-state index in [0.29, 0.717) is 12.5 Å². The SMILES string of the molecule is CCNCc1cccc(F)c1Sc1ccc(C(C)C)cc1. The third kappa shape index (κ3) is 4.32. The Kier molecular flexibility index (Phi) is 5.83. The quantitative estimate of drug-likeness (QED) is 0.786. The summed E-state index contributed by atoms with van der Waals surface area (Å²) in [5, 5.41) is 3.26. The predicted molar refractivity (Wildman–Crippen MR) is 88.4 cm³/mol. The van der Waals surface area contributed by atoms with E-state index < -0.39 is 0 Å². The zero-order valence-electron chi connectivity index (χ0n) is 12.8. The van der Waals surface area contributed by atoms with E-state index >= 15 is 0 Å². The van der Waals surface area contributed by atoms with Crippen molar-refractivity contribution in [2.24, 2.45) is 0 Å². The molecular weight excluding hydrogens is 281 g/mol. The van der Waals surface area contributed by atoms with Gasteiger partial charge in [0, 0.05) is 11.4 Å². The molecule has 3 heteroatoms. The molecule has 0 unspecified atom stereocenters. The monoisotopic (exact) mass is 303 g/mol. The van der Waals surface area contributed by atoms with Crippen LogP contribution in [0.15, 0.2) is 52.3 Å². The molecule has 0 saturated heterocycles. The molecule has 2 aromatic carbocycles. The number of halogens is 1. The first-order chi connectivity index (χ1) is 10.1. The predicted octanol–water partition coefficient (Wildman–Crippen LogP) is 5.21. The fourth-order valence-corrected chi connectivity index (χ4v) is 3.05. The Labute approximate surface area is 131 Å². The van der Waals surface area contributed by atoms with Crippen molar-refractivity contribution < 1.29 is 4.39 Å². The Hall–Kier alpha value is -1.32. The molecule has 21 heavy (non-hydrogen) atoms. The molecule has 0 aliphatic carbocycles. The summed E-state index contributed by atoms with van der Waals surface area (Å²) in [4.78, 5) is 1.79. The van der Waals surface area contributed by atoms with Crippen molar-refractivity contribution in [1.29, 1.82) is 0 Å². The highest BCUT2D eigenvalue weighted by atomic mass is 32.2. The van der Waals surface area contributed by atoms with Crippen molar-refractivity contribution in [2.75, 3.05) is 6.54 Å². The second-order valence-corrected chi connectivity index (χ2v) is 6.42. The topological polar surface area (TPSA) is 12.0 Å². The van der Waals surface area contributed by atoms with Crippen LogP contribution >= 0.6 is 11.8 Å². The smallest absolute Gasteiger partial charge is 0.137 e. The van der Waals surface area contributed by atoms with Gasteiger partial charge in [-0.25, -0.2) is 4.39 Å². The fraction of sp³-hybridized carbons (Fsp3) is 0.333. The molecule has 2 rings (SSSR count). The highest BCUT2D eigenvalue weighted by molar-refractivity contribution is 7.99. The lowest BCUT2D eigenvalue weighted by molar-refractivity contribution is 0.591. The van der Waals surface area contributed by atoms with Gasteiger partial charge in [-0.15, -0.1) is 0 Å². The van der Waals surface area contributed by atoms with Crippen LogP contribution in [-0.2, 0) is 6.54 Å². The normalized spacial score (nSPS) is 11.1. The van der Waals surface area contributed by atoms with E-state index in [4.69, 9.17) is 0 Å². The highest BCUT2D eigenvalue weighted by Gasteiger charge is 2.10. The Bertz CT molecular complexity index is 578. The average Bonchev–Trinajstić information content (AvgIpc) is 2.48. The maximum Gasteiger partial charge on any atom is 0.137 e. The Morgan fingerprint density at radius 3 is 2.43 bits per heavy atom. The average molecular weight is 303 g/mol. The zero-order chi connectivity index (χ0) is 15.2. The Morgan fingerprint density at radius 2 is 1.81 bits per heavy atom. The second-order valence-electron chi connectivity index (χ2n) is 5.33. The van der Waals surface area contributed by atoms with Gasteiger partial charge in [-0.1, -0.05) is 56.8 Å². The van der Waals surface area contributed by atoms with Gasteiger partial charge in [0.05, 0.1) is 4.90 Å². The number of nitrogens with one attached hydrogen (secondary N) is 1. The summed E-state index contributed by atoms with van der Waals surface area (Å²) in [6.07, 6.45) is 0. The first-order valence-electron chi connectivity index (χ1n) is 7.37. The van der Waals surface area contributed by atoms with Crippen molar-refractivity contribution in [2.45, 2.75) is 43.0 Å². The summed E-state index contributed by atoms with van der Waals surface area (Å²) < 4.78 is 14.1. The minimum atomic E-state index is -0.150. The lowest BCUT2D eigenvalue weighted by Crippen LogP contribution is -2.12. The maximum absolute atomic E-state index is 14.1. The van der Waals surface area contributed by atoms with E-state index in [1.165, 1.54) is 23.4 Å². The first kappa shape index (κ1) is 16.1. The van der Waals surface area contributed by atoms with Crippen LogP contribution in [0.4, 0.5) is 4.39 Å². The van der Waals surface area contributed by atoms with Crippen molar-refractivity contribution in [3.05, 3.63) is 59.4 Å². The van der Waals surface area contributed by atoms with E-state index in [9.17, 15) is 4.39 Å². The van der Waals surface area contributed by atoms with Crippen LogP contribution in [0, 0.1) is 5.82 Å². The second kappa shape index (κ2) is 7.62. The van der Waals surface area contributed by atoms with E-state index in [1.807, 2.05) is 6.07 Å². The molecule has 0 aliphatic heterocycles. The zero-order valence-corrected chi connectivity index (χ0v) is 13.6. The summed E-state index contributed by atoms with van der Waals surface area (Å²) in [6, 6.07) is 13.7. The Balaban J connectivity index is 2.21. The van der Waals surface area contributed by atoms with Gasteiger partial charge in [0.2, 0.25) is 0 Å². The fourth-order valence-electron chi connectivity index (χ4n) is 2.11. The van der Waals surface area contributed by atoms with Gasteiger partial charge in [0.1, 0.15) is 5.82 Å². The summed E-state index contributed by atoms with van der Waals surface area (Å²) in [6.45, 7) is 7.97. The standard InChI is InChI=1S/C18H22FNS/c1-4-20-12-15-6-5-7-17(19)18(15)21-16-10-8-14(9-11-16)13(2)3/h5-11,13,20H,4,12H2,1-3H3. The molecule has 0 aromatic heterocycles. The van der Waals surface area contributed by atoms with E-state index in [1.54, 1.807) is 6.07 Å². The van der Waals surface area contributed by atoms with Crippen molar-refractivity contribution in [3.8, 4) is 0 Å². The van der Waals surface area contributed by atoms with Gasteiger partial charge in [0.25, 0.3) is 0 Å². The number of hydrogen-bond donors (Lipinski definition) is 1. The molecule has 1 nitrogen and oxygen atoms in total. The van der Waals surface area contributed by atoms with E-state index in [0.717, 1.165) is 21.9 Å². The molecule has 2 aromatic rings. The first-order valence-corrected chi connectivity index (χ1v) is 8.19. The third-order valence-electron chi connectivity index (χ3n) is 3.38. The van der Waals surface area contributed by atoms with Gasteiger partial charge in [-0.2, -0.15) is 0 Å². The van der Waals surface area contributed by atoms with Crippen molar-refractivity contribution in [3.63, 3.8) is 0 Å². The van der Waals surface area contributed by atoms with Crippen LogP contribution < -0.4 is 5.32 Å². The molecule has 0 aliphatic rings. The molecule has 112 valence electrons. The van der Waals surface area contributed by atoms with Crippen molar-refractivity contribution >= 4 is 11.8 Å². The van der Waals surface area contributed by atoms with Crippen LogP contribution in [0.5, 0.6) is 0 Å². The van der Waals surface area contributed by atoms with Crippen LogP contribution in [0.2, 0.25) is 0 Å². The minimum Gasteiger partial charge on any atom is -0.313 e. The highest BCUT2D eigenvalue weighted by Crippen LogP contribution is 2.33. The van der Waals surface area contributed by atoms with E-state index in [2.05, 4.69) is 50.4 Å². The van der Waals surface area contributed by atoms with Gasteiger partial charge >= 0.3 is 0 Å². The third-order valence-corrected chi connectivity index (χ3v) is 4.55. The summed E-state index contributed by atoms with van der Waals surface area (Å²) in [5.41, 5.74) is 2.32. The van der Waals surface area contributed by atoms with Gasteiger partial charge in [-0.05, 0) is 41.8 Å². The van der Waals surface area contributed by atoms with Crippen LogP contribution in [0.25, 0.3) is 0 Å². The lowest BCUT2D eigenvalue weighted by Gasteiger charge is -2.11. The molecular formula is C18H22FNS. The summed E-state index contributed by atoms with van der Waals surface area (Å²) >= 11 is 1.50. The van der Waals surface area contributed by atoms with Gasteiger partial charge in [-0.3, -0.25) is 0 Å². The van der Waals surface area contributed by atoms with Crippen LogP contribution in [0.1, 0.15) is 37.8 Å². The maximum atomic E-state index is 14.1. The Morgan fingerprint density at radius 1 is 1.10 bits per heavy atom. The number of hydrogen-bond acceptors (Lipinski definition) is 2. The molecule has 0 saturated carbocycles. The molecule has 1 N–H and O–H groups in total. The minimum absolute atomic E-state index is 0.150. The molecule has 0 amide bonds. The van der Waals surface area contributed by atoms with Crippen molar-refractivity contribution in [1.82, 2.24) is 5.32 Å². The number of benzene rings is 2. The van der Waals surface area contributed by atoms with E-state index in [-0.39, 0.29) is 5.82 Å². The summed E-state index contributed by atoms with van der Waals surface area (Å²) in [5.74, 6) is 0.366. The summed E-state index contributed by atoms with van der Waals surface area (Å²) in [7, 11) is 0. The number of rotatable bonds is 6. The van der Waals surface area contributed by atoms with Crippen LogP contribution in [-0.4, -0.2) is 6.54 Å². The molecule has 0 fully saturated rings. The van der Waals surface area contributed by atoms with Gasteiger partial charge in [0.15, 0.2) is 0 Å². The molecule has 0 radical (unpaired) electrons. The molecule has 0 atom stereocenters. The van der Waals surface area contributed by atoms with Crippen LogP contribution in [0.3, 0.4) is 0 Å². The molecule has 0 bridgehead atoms. The lowest BCUT2D eigenvalue weighted by atomic mass is 10.0. The molecule has 0 spiro atoms. The van der Waals surface area contributed by atoms with Gasteiger partial charge < -0.3 is 5.32 Å².